The zero-order valence-electron chi connectivity index (χ0n) is 17.5. The van der Waals surface area contributed by atoms with Gasteiger partial charge in [-0.25, -0.2) is 4.39 Å². The first-order valence-electron chi connectivity index (χ1n) is 10.7. The zero-order chi connectivity index (χ0) is 22.1. The molecule has 3 aromatic carbocycles. The van der Waals surface area contributed by atoms with E-state index in [1.165, 1.54) is 12.1 Å². The van der Waals surface area contributed by atoms with Gasteiger partial charge < -0.3 is 9.88 Å². The molecule has 0 aliphatic carbocycles. The van der Waals surface area contributed by atoms with Crippen LogP contribution in [0.2, 0.25) is 5.02 Å². The van der Waals surface area contributed by atoms with Crippen molar-refractivity contribution in [2.45, 2.75) is 0 Å². The van der Waals surface area contributed by atoms with Gasteiger partial charge in [0.1, 0.15) is 5.82 Å². The number of aromatic amines is 1. The largest absolute Gasteiger partial charge is 0.369 e. The number of nitrogens with one attached hydrogen (secondary N) is 1. The van der Waals surface area contributed by atoms with Gasteiger partial charge in [-0.15, -0.1) is 0 Å². The second-order valence-corrected chi connectivity index (χ2v) is 8.53. The minimum Gasteiger partial charge on any atom is -0.369 e. The summed E-state index contributed by atoms with van der Waals surface area (Å²) in [5.41, 5.74) is 4.28. The Morgan fingerprint density at radius 2 is 1.59 bits per heavy atom. The zero-order valence-corrected chi connectivity index (χ0v) is 18.3. The lowest BCUT2D eigenvalue weighted by Crippen LogP contribution is -2.48. The molecule has 162 valence electrons. The highest BCUT2D eigenvalue weighted by atomic mass is 35.5. The van der Waals surface area contributed by atoms with Gasteiger partial charge in [-0.3, -0.25) is 9.69 Å². The molecule has 2 heterocycles. The Bertz CT molecular complexity index is 1240. The van der Waals surface area contributed by atoms with Gasteiger partial charge in [-0.1, -0.05) is 29.8 Å². The molecule has 0 radical (unpaired) electrons. The van der Waals surface area contributed by atoms with E-state index in [1.54, 1.807) is 12.1 Å². The topological polar surface area (TPSA) is 39.3 Å². The molecule has 0 spiro atoms. The first-order valence-corrected chi connectivity index (χ1v) is 11.1. The molecule has 1 aromatic heterocycles. The van der Waals surface area contributed by atoms with E-state index in [4.69, 9.17) is 11.6 Å². The number of hydrogen-bond donors (Lipinski definition) is 1. The number of hydrogen-bond acceptors (Lipinski definition) is 3. The van der Waals surface area contributed by atoms with E-state index in [1.807, 2.05) is 48.5 Å². The van der Waals surface area contributed by atoms with Crippen LogP contribution in [-0.4, -0.2) is 48.4 Å². The normalized spacial score (nSPS) is 14.8. The summed E-state index contributed by atoms with van der Waals surface area (Å²) in [6, 6.07) is 21.9. The lowest BCUT2D eigenvalue weighted by atomic mass is 10.0. The van der Waals surface area contributed by atoms with Crippen LogP contribution in [-0.2, 0) is 0 Å². The number of nitrogens with zero attached hydrogens (tertiary/aromatic N) is 2. The van der Waals surface area contributed by atoms with Crippen molar-refractivity contribution < 1.29 is 9.18 Å². The molecule has 1 aliphatic heterocycles. The first-order chi connectivity index (χ1) is 15.6. The van der Waals surface area contributed by atoms with Crippen molar-refractivity contribution in [2.75, 3.05) is 37.6 Å². The maximum absolute atomic E-state index is 13.5. The van der Waals surface area contributed by atoms with Crippen LogP contribution in [0.1, 0.15) is 10.4 Å². The van der Waals surface area contributed by atoms with Crippen molar-refractivity contribution in [3.63, 3.8) is 0 Å². The molecule has 1 aliphatic rings. The molecule has 1 fully saturated rings. The van der Waals surface area contributed by atoms with Crippen LogP contribution >= 0.6 is 11.6 Å². The monoisotopic (exact) mass is 447 g/mol. The smallest absolute Gasteiger partial charge is 0.179 e. The molecule has 0 saturated carbocycles. The van der Waals surface area contributed by atoms with Crippen LogP contribution in [0.4, 0.5) is 10.1 Å². The van der Waals surface area contributed by atoms with Crippen molar-refractivity contribution in [1.29, 1.82) is 0 Å². The summed E-state index contributed by atoms with van der Waals surface area (Å²) < 4.78 is 13.5. The first kappa shape index (κ1) is 20.7. The Morgan fingerprint density at radius 3 is 2.31 bits per heavy atom. The molecule has 4 nitrogen and oxygen atoms in total. The van der Waals surface area contributed by atoms with Crippen LogP contribution in [0.5, 0.6) is 0 Å². The number of ketones is 1. The van der Waals surface area contributed by atoms with E-state index in [0.717, 1.165) is 59.0 Å². The predicted molar refractivity (Wildman–Crippen MR) is 128 cm³/mol. The molecule has 0 bridgehead atoms. The van der Waals surface area contributed by atoms with E-state index < -0.39 is 0 Å². The number of para-hydroxylation sites is 1. The number of fused-ring (bicyclic) bond motifs is 1. The lowest BCUT2D eigenvalue weighted by molar-refractivity contribution is 0.0928. The summed E-state index contributed by atoms with van der Waals surface area (Å²) >= 11 is 6.00. The second kappa shape index (κ2) is 8.77. The van der Waals surface area contributed by atoms with Gasteiger partial charge in [0.25, 0.3) is 0 Å². The van der Waals surface area contributed by atoms with Gasteiger partial charge in [-0.2, -0.15) is 0 Å². The molecule has 1 N–H and O–H groups in total. The average Bonchev–Trinajstić information content (AvgIpc) is 3.20. The standard InChI is InChI=1S/C26H23ClFN3O/c27-19-7-11-21(12-8-19)31-15-13-30(14-16-31)17-24(32)25-22-3-1-2-4-23(22)29-26(25)18-5-9-20(28)10-6-18/h1-12,29H,13-17H2. The number of carbonyl (C=O) groups is 1. The third-order valence-electron chi connectivity index (χ3n) is 6.05. The third kappa shape index (κ3) is 4.14. The molecule has 32 heavy (non-hydrogen) atoms. The quantitative estimate of drug-likeness (QED) is 0.403. The minimum absolute atomic E-state index is 0.0710. The van der Waals surface area contributed by atoms with E-state index in [2.05, 4.69) is 14.8 Å². The molecule has 5 rings (SSSR count). The Morgan fingerprint density at radius 1 is 0.906 bits per heavy atom. The van der Waals surface area contributed by atoms with Crippen molar-refractivity contribution in [1.82, 2.24) is 9.88 Å². The highest BCUT2D eigenvalue weighted by molar-refractivity contribution is 6.30. The number of piperazine rings is 1. The Labute approximate surface area is 191 Å². The van der Waals surface area contributed by atoms with Crippen LogP contribution in [0.3, 0.4) is 0 Å². The van der Waals surface area contributed by atoms with Crippen molar-refractivity contribution >= 4 is 34.0 Å². The fraction of sp³-hybridized carbons (Fsp3) is 0.192. The Kier molecular flexibility index (Phi) is 5.68. The Balaban J connectivity index is 1.36. The molecule has 0 amide bonds. The number of Topliss-reactive ketones (excluding diaryl/α,β-unsaturated/α-hetero) is 1. The molecular formula is C26H23ClFN3O. The maximum Gasteiger partial charge on any atom is 0.179 e. The number of rotatable bonds is 5. The van der Waals surface area contributed by atoms with E-state index >= 15 is 0 Å². The van der Waals surface area contributed by atoms with Crippen molar-refractivity contribution in [2.24, 2.45) is 0 Å². The fourth-order valence-corrected chi connectivity index (χ4v) is 4.49. The molecule has 4 aromatic rings. The summed E-state index contributed by atoms with van der Waals surface area (Å²) in [4.78, 5) is 21.4. The third-order valence-corrected chi connectivity index (χ3v) is 6.30. The summed E-state index contributed by atoms with van der Waals surface area (Å²) in [5.74, 6) is -0.224. The second-order valence-electron chi connectivity index (χ2n) is 8.09. The molecule has 1 saturated heterocycles. The number of anilines is 1. The van der Waals surface area contributed by atoms with Gasteiger partial charge in [0.05, 0.1) is 17.8 Å². The number of aromatic nitrogens is 1. The molecule has 0 unspecified atom stereocenters. The molecule has 6 heteroatoms. The van der Waals surface area contributed by atoms with Gasteiger partial charge >= 0.3 is 0 Å². The van der Waals surface area contributed by atoms with E-state index in [9.17, 15) is 9.18 Å². The fourth-order valence-electron chi connectivity index (χ4n) is 4.36. The van der Waals surface area contributed by atoms with Crippen LogP contribution in [0.15, 0.2) is 72.8 Å². The van der Waals surface area contributed by atoms with Crippen molar-refractivity contribution in [3.05, 3.63) is 89.2 Å². The summed E-state index contributed by atoms with van der Waals surface area (Å²) in [7, 11) is 0. The van der Waals surface area contributed by atoms with Crippen LogP contribution in [0.25, 0.3) is 22.2 Å². The lowest BCUT2D eigenvalue weighted by Gasteiger charge is -2.35. The van der Waals surface area contributed by atoms with Gasteiger partial charge in [0.2, 0.25) is 0 Å². The van der Waals surface area contributed by atoms with Crippen LogP contribution < -0.4 is 4.90 Å². The highest BCUT2D eigenvalue weighted by Gasteiger charge is 2.24. The summed E-state index contributed by atoms with van der Waals surface area (Å²) in [6.07, 6.45) is 0. The summed E-state index contributed by atoms with van der Waals surface area (Å²) in [6.45, 7) is 3.68. The predicted octanol–water partition coefficient (Wildman–Crippen LogP) is 5.63. The average molecular weight is 448 g/mol. The number of halogens is 2. The molecular weight excluding hydrogens is 425 g/mol. The number of benzene rings is 3. The van der Waals surface area contributed by atoms with Crippen LogP contribution in [0, 0.1) is 5.82 Å². The van der Waals surface area contributed by atoms with Crippen molar-refractivity contribution in [3.8, 4) is 11.3 Å². The van der Waals surface area contributed by atoms with Gasteiger partial charge in [0, 0.05) is 47.8 Å². The van der Waals surface area contributed by atoms with Gasteiger partial charge in [-0.05, 0) is 60.2 Å². The minimum atomic E-state index is -0.295. The Hall–Kier alpha value is -3.15. The van der Waals surface area contributed by atoms with Gasteiger partial charge in [0.15, 0.2) is 5.78 Å². The van der Waals surface area contributed by atoms with E-state index in [-0.39, 0.29) is 11.6 Å². The number of carbonyl (C=O) groups excluding carboxylic acids is 1. The molecule has 0 atom stereocenters. The maximum atomic E-state index is 13.5. The number of H-pyrrole nitrogens is 1. The SMILES string of the molecule is O=C(CN1CCN(c2ccc(Cl)cc2)CC1)c1c(-c2ccc(F)cc2)[nH]c2ccccc12. The van der Waals surface area contributed by atoms with E-state index in [0.29, 0.717) is 12.1 Å². The highest BCUT2D eigenvalue weighted by Crippen LogP contribution is 2.31. The summed E-state index contributed by atoms with van der Waals surface area (Å²) in [5, 5.41) is 1.63.